The molecule has 4 N–H and O–H groups in total. The monoisotopic (exact) mass is 358 g/mol. The average Bonchev–Trinajstić information content (AvgIpc) is 3.00. The van der Waals surface area contributed by atoms with Crippen LogP contribution in [0.1, 0.15) is 56.4 Å². The fraction of sp³-hybridized carbons (Fsp3) is 0.632. The van der Waals surface area contributed by atoms with Crippen LogP contribution in [0.15, 0.2) is 12.3 Å². The Balaban J connectivity index is 1.80. The number of rotatable bonds is 4. The van der Waals surface area contributed by atoms with Gasteiger partial charge in [-0.25, -0.2) is 0 Å². The van der Waals surface area contributed by atoms with Gasteiger partial charge in [-0.15, -0.1) is 10.2 Å². The molecule has 0 aliphatic heterocycles. The molecule has 2 aromatic rings. The molecular weight excluding hydrogens is 332 g/mol. The molecular formula is C19H26N4O3. The Bertz CT molecular complexity index is 832. The first-order valence-corrected chi connectivity index (χ1v) is 9.31. The van der Waals surface area contributed by atoms with E-state index in [0.717, 1.165) is 31.1 Å². The first-order valence-electron chi connectivity index (χ1n) is 9.31. The van der Waals surface area contributed by atoms with E-state index < -0.39 is 18.0 Å². The molecule has 140 valence electrons. The lowest BCUT2D eigenvalue weighted by Gasteiger charge is -2.54. The first-order chi connectivity index (χ1) is 12.3. The number of carbonyl (C=O) groups is 1. The highest BCUT2D eigenvalue weighted by Gasteiger charge is 2.51. The number of H-pyrrole nitrogens is 1. The summed E-state index contributed by atoms with van der Waals surface area (Å²) >= 11 is 0. The molecule has 0 radical (unpaired) electrons. The molecule has 7 nitrogen and oxygen atoms in total. The zero-order chi connectivity index (χ0) is 18.5. The summed E-state index contributed by atoms with van der Waals surface area (Å²) in [5.41, 5.74) is 0.416. The Hall–Kier alpha value is -1.99. The number of nitrogens with one attached hydrogen (secondary N) is 2. The highest BCUT2D eigenvalue weighted by Crippen LogP contribution is 2.51. The molecule has 2 fully saturated rings. The molecule has 0 amide bonds. The summed E-state index contributed by atoms with van der Waals surface area (Å²) < 4.78 is 0. The van der Waals surface area contributed by atoms with Gasteiger partial charge in [-0.3, -0.25) is 4.79 Å². The normalized spacial score (nSPS) is 34.0. The van der Waals surface area contributed by atoms with Gasteiger partial charge in [0.15, 0.2) is 11.3 Å². The van der Waals surface area contributed by atoms with E-state index in [2.05, 4.69) is 34.3 Å². The van der Waals surface area contributed by atoms with Gasteiger partial charge in [-0.05, 0) is 50.0 Å². The molecule has 4 rings (SSSR count). The number of fused-ring (bicyclic) bond motifs is 3. The van der Waals surface area contributed by atoms with E-state index >= 15 is 0 Å². The van der Waals surface area contributed by atoms with Crippen LogP contribution < -0.4 is 5.32 Å². The molecule has 2 bridgehead atoms. The van der Waals surface area contributed by atoms with Gasteiger partial charge in [0.2, 0.25) is 5.78 Å². The fourth-order valence-corrected chi connectivity index (χ4v) is 5.59. The second-order valence-electron chi connectivity index (χ2n) is 8.58. The van der Waals surface area contributed by atoms with Crippen molar-refractivity contribution < 1.29 is 15.0 Å². The molecule has 2 aromatic heterocycles. The standard InChI is InChI=1S/C19H26N4O3/c1-11-5-18(6-12(2)8-19(26,7-11)10-18)21-15-13-3-4-20-17(13)23-22-16(15)14(25)9-24/h3-4,11-12,24,26H,5-10H2,1-2H3,(H2,20,21,23)/t11-,12+,18?,19?. The molecule has 26 heavy (non-hydrogen) atoms. The molecule has 0 aromatic carbocycles. The zero-order valence-corrected chi connectivity index (χ0v) is 15.2. The minimum Gasteiger partial charge on any atom is -0.390 e. The Labute approximate surface area is 152 Å². The zero-order valence-electron chi connectivity index (χ0n) is 15.2. The fourth-order valence-electron chi connectivity index (χ4n) is 5.59. The lowest BCUT2D eigenvalue weighted by molar-refractivity contribution is -0.0838. The van der Waals surface area contributed by atoms with Gasteiger partial charge in [0.1, 0.15) is 6.61 Å². The summed E-state index contributed by atoms with van der Waals surface area (Å²) in [4.78, 5) is 15.3. The van der Waals surface area contributed by atoms with Crippen molar-refractivity contribution in [1.29, 1.82) is 0 Å². The second-order valence-corrected chi connectivity index (χ2v) is 8.58. The number of nitrogens with zero attached hydrogens (tertiary/aromatic N) is 2. The number of anilines is 1. The topological polar surface area (TPSA) is 111 Å². The van der Waals surface area contributed by atoms with E-state index in [-0.39, 0.29) is 11.2 Å². The van der Waals surface area contributed by atoms with Crippen molar-refractivity contribution in [3.8, 4) is 0 Å². The quantitative estimate of drug-likeness (QED) is 0.624. The third-order valence-corrected chi connectivity index (χ3v) is 5.88. The highest BCUT2D eigenvalue weighted by atomic mass is 16.3. The third-order valence-electron chi connectivity index (χ3n) is 5.88. The van der Waals surface area contributed by atoms with Crippen LogP contribution in [0.3, 0.4) is 0 Å². The Kier molecular flexibility index (Phi) is 4.04. The van der Waals surface area contributed by atoms with Gasteiger partial charge in [0, 0.05) is 17.1 Å². The maximum atomic E-state index is 12.3. The highest BCUT2D eigenvalue weighted by molar-refractivity contribution is 6.06. The van der Waals surface area contributed by atoms with Crippen LogP contribution in [0, 0.1) is 11.8 Å². The molecule has 4 atom stereocenters. The number of aromatic amines is 1. The summed E-state index contributed by atoms with van der Waals surface area (Å²) in [5, 5.41) is 33.0. The molecule has 2 heterocycles. The Morgan fingerprint density at radius 2 is 1.96 bits per heavy atom. The van der Waals surface area contributed by atoms with Gasteiger partial charge in [0.25, 0.3) is 0 Å². The third kappa shape index (κ3) is 2.89. The molecule has 7 heteroatoms. The summed E-state index contributed by atoms with van der Waals surface area (Å²) in [7, 11) is 0. The van der Waals surface area contributed by atoms with E-state index in [1.54, 1.807) is 6.20 Å². The maximum absolute atomic E-state index is 12.3. The van der Waals surface area contributed by atoms with Crippen molar-refractivity contribution >= 4 is 22.5 Å². The molecule has 0 saturated heterocycles. The van der Waals surface area contributed by atoms with Crippen molar-refractivity contribution in [2.24, 2.45) is 11.8 Å². The summed E-state index contributed by atoms with van der Waals surface area (Å²) in [5.74, 6) is 0.326. The molecule has 2 unspecified atom stereocenters. The largest absolute Gasteiger partial charge is 0.390 e. The van der Waals surface area contributed by atoms with Crippen LogP contribution in [0.4, 0.5) is 5.69 Å². The van der Waals surface area contributed by atoms with Gasteiger partial charge in [-0.1, -0.05) is 13.8 Å². The minimum absolute atomic E-state index is 0.161. The van der Waals surface area contributed by atoms with E-state index in [0.29, 0.717) is 29.6 Å². The predicted octanol–water partition coefficient (Wildman–Crippen LogP) is 2.26. The number of aromatic nitrogens is 3. The summed E-state index contributed by atoms with van der Waals surface area (Å²) in [6.07, 6.45) is 5.92. The number of Topliss-reactive ketones (excluding diaryl/α,β-unsaturated/α-hetero) is 1. The summed E-state index contributed by atoms with van der Waals surface area (Å²) in [6.45, 7) is 3.74. The van der Waals surface area contributed by atoms with E-state index in [4.69, 9.17) is 0 Å². The predicted molar refractivity (Wildman–Crippen MR) is 98.0 cm³/mol. The van der Waals surface area contributed by atoms with Crippen molar-refractivity contribution in [1.82, 2.24) is 15.2 Å². The van der Waals surface area contributed by atoms with Crippen molar-refractivity contribution in [3.05, 3.63) is 18.0 Å². The first kappa shape index (κ1) is 17.4. The lowest BCUT2D eigenvalue weighted by atomic mass is 9.59. The van der Waals surface area contributed by atoms with Gasteiger partial charge < -0.3 is 20.5 Å². The average molecular weight is 358 g/mol. The molecule has 2 aliphatic carbocycles. The molecule has 0 spiro atoms. The molecule has 2 aliphatic rings. The van der Waals surface area contributed by atoms with Crippen LogP contribution >= 0.6 is 0 Å². The minimum atomic E-state index is -0.665. The SMILES string of the molecule is C[C@@H]1CC2(O)C[C@H](C)CC(Nc3c(C(=O)CO)nnc4[nH]ccc34)(C1)C2. The molecule has 2 saturated carbocycles. The van der Waals surface area contributed by atoms with Crippen LogP contribution in [-0.2, 0) is 0 Å². The Morgan fingerprint density at radius 1 is 1.27 bits per heavy atom. The van der Waals surface area contributed by atoms with Crippen molar-refractivity contribution in [2.75, 3.05) is 11.9 Å². The van der Waals surface area contributed by atoms with Crippen LogP contribution in [-0.4, -0.2) is 48.9 Å². The van der Waals surface area contributed by atoms with Crippen LogP contribution in [0.25, 0.3) is 11.0 Å². The van der Waals surface area contributed by atoms with Gasteiger partial charge in [-0.2, -0.15) is 0 Å². The number of hydrogen-bond donors (Lipinski definition) is 4. The second kappa shape index (κ2) is 6.03. The van der Waals surface area contributed by atoms with Crippen LogP contribution in [0.5, 0.6) is 0 Å². The van der Waals surface area contributed by atoms with Crippen LogP contribution in [0.2, 0.25) is 0 Å². The van der Waals surface area contributed by atoms with E-state index in [1.165, 1.54) is 0 Å². The number of carbonyl (C=O) groups excluding carboxylic acids is 1. The smallest absolute Gasteiger partial charge is 0.210 e. The van der Waals surface area contributed by atoms with Gasteiger partial charge >= 0.3 is 0 Å². The summed E-state index contributed by atoms with van der Waals surface area (Å²) in [6, 6.07) is 1.86. The van der Waals surface area contributed by atoms with Crippen molar-refractivity contribution in [3.63, 3.8) is 0 Å². The van der Waals surface area contributed by atoms with Gasteiger partial charge in [0.05, 0.1) is 11.3 Å². The maximum Gasteiger partial charge on any atom is 0.210 e. The Morgan fingerprint density at radius 3 is 2.62 bits per heavy atom. The van der Waals surface area contributed by atoms with Crippen molar-refractivity contribution in [2.45, 2.75) is 57.1 Å². The van der Waals surface area contributed by atoms with E-state index in [1.807, 2.05) is 6.07 Å². The van der Waals surface area contributed by atoms with E-state index in [9.17, 15) is 15.0 Å². The number of aliphatic hydroxyl groups excluding tert-OH is 1. The lowest BCUT2D eigenvalue weighted by Crippen LogP contribution is -2.57. The number of aliphatic hydroxyl groups is 2. The number of hydrogen-bond acceptors (Lipinski definition) is 6. The number of ketones is 1.